The van der Waals surface area contributed by atoms with Crippen molar-refractivity contribution < 1.29 is 5.11 Å². The molecule has 0 aromatic carbocycles. The predicted octanol–water partition coefficient (Wildman–Crippen LogP) is 1.34. The third kappa shape index (κ3) is 2.90. The highest BCUT2D eigenvalue weighted by molar-refractivity contribution is 5.35. The van der Waals surface area contributed by atoms with Gasteiger partial charge in [0.05, 0.1) is 17.9 Å². The van der Waals surface area contributed by atoms with Crippen molar-refractivity contribution in [1.82, 2.24) is 9.78 Å². The Hall–Kier alpha value is -1.27. The van der Waals surface area contributed by atoms with Crippen molar-refractivity contribution in [3.05, 3.63) is 17.5 Å². The standard InChI is InChI=1S/C11H16N2O/c1-3-7-13-9-11(10(2)12-13)6-4-5-8-14/h9,14H,3,5,7-8H2,1-2H3. The van der Waals surface area contributed by atoms with Crippen molar-refractivity contribution in [2.24, 2.45) is 0 Å². The first kappa shape index (κ1) is 10.8. The molecule has 0 saturated heterocycles. The minimum Gasteiger partial charge on any atom is -0.395 e. The molecule has 0 spiro atoms. The van der Waals surface area contributed by atoms with Gasteiger partial charge in [0.15, 0.2) is 0 Å². The monoisotopic (exact) mass is 192 g/mol. The van der Waals surface area contributed by atoms with Crippen LogP contribution in [0, 0.1) is 18.8 Å². The van der Waals surface area contributed by atoms with Crippen LogP contribution < -0.4 is 0 Å². The maximum Gasteiger partial charge on any atom is 0.0750 e. The Balaban J connectivity index is 2.73. The molecule has 1 aromatic rings. The van der Waals surface area contributed by atoms with E-state index in [0.29, 0.717) is 6.42 Å². The Kier molecular flexibility index (Phi) is 4.21. The fourth-order valence-corrected chi connectivity index (χ4v) is 1.20. The highest BCUT2D eigenvalue weighted by Crippen LogP contribution is 2.04. The first-order chi connectivity index (χ1) is 6.77. The van der Waals surface area contributed by atoms with E-state index in [4.69, 9.17) is 5.11 Å². The maximum absolute atomic E-state index is 8.58. The quantitative estimate of drug-likeness (QED) is 0.734. The number of aliphatic hydroxyl groups is 1. The second-order valence-electron chi connectivity index (χ2n) is 3.17. The van der Waals surface area contributed by atoms with Gasteiger partial charge in [-0.1, -0.05) is 18.8 Å². The molecule has 0 saturated carbocycles. The third-order valence-electron chi connectivity index (χ3n) is 1.86. The summed E-state index contributed by atoms with van der Waals surface area (Å²) in [6.07, 6.45) is 3.56. The van der Waals surface area contributed by atoms with Crippen LogP contribution in [0.4, 0.5) is 0 Å². The Morgan fingerprint density at radius 2 is 2.36 bits per heavy atom. The molecule has 0 aliphatic rings. The molecule has 0 radical (unpaired) electrons. The zero-order valence-electron chi connectivity index (χ0n) is 8.75. The van der Waals surface area contributed by atoms with E-state index >= 15 is 0 Å². The SMILES string of the molecule is CCCn1cc(C#CCCO)c(C)n1. The summed E-state index contributed by atoms with van der Waals surface area (Å²) in [5.41, 5.74) is 1.93. The summed E-state index contributed by atoms with van der Waals surface area (Å²) >= 11 is 0. The average Bonchev–Trinajstić information content (AvgIpc) is 2.48. The van der Waals surface area contributed by atoms with Crippen LogP contribution in [0.25, 0.3) is 0 Å². The largest absolute Gasteiger partial charge is 0.395 e. The second kappa shape index (κ2) is 5.46. The molecule has 0 atom stereocenters. The minimum absolute atomic E-state index is 0.120. The van der Waals surface area contributed by atoms with E-state index in [2.05, 4.69) is 23.9 Å². The highest BCUT2D eigenvalue weighted by atomic mass is 16.2. The summed E-state index contributed by atoms with van der Waals surface area (Å²) in [5.74, 6) is 5.89. The van der Waals surface area contributed by atoms with Gasteiger partial charge in [-0.2, -0.15) is 5.10 Å². The van der Waals surface area contributed by atoms with Gasteiger partial charge < -0.3 is 5.11 Å². The van der Waals surface area contributed by atoms with Crippen LogP contribution in [0.1, 0.15) is 31.0 Å². The Labute approximate surface area is 84.8 Å². The molecule has 1 aromatic heterocycles. The smallest absolute Gasteiger partial charge is 0.0750 e. The van der Waals surface area contributed by atoms with Gasteiger partial charge in [-0.05, 0) is 13.3 Å². The van der Waals surface area contributed by atoms with Gasteiger partial charge >= 0.3 is 0 Å². The van der Waals surface area contributed by atoms with E-state index in [1.165, 1.54) is 0 Å². The summed E-state index contributed by atoms with van der Waals surface area (Å²) in [5, 5.41) is 12.9. The molecule has 3 heteroatoms. The van der Waals surface area contributed by atoms with Gasteiger partial charge in [0.2, 0.25) is 0 Å². The molecule has 14 heavy (non-hydrogen) atoms. The number of hydrogen-bond donors (Lipinski definition) is 1. The van der Waals surface area contributed by atoms with Crippen LogP contribution in [0.5, 0.6) is 0 Å². The minimum atomic E-state index is 0.120. The number of aliphatic hydroxyl groups excluding tert-OH is 1. The molecule has 1 heterocycles. The summed E-state index contributed by atoms with van der Waals surface area (Å²) < 4.78 is 1.91. The molecular formula is C11H16N2O. The fourth-order valence-electron chi connectivity index (χ4n) is 1.20. The van der Waals surface area contributed by atoms with Crippen LogP contribution in [-0.4, -0.2) is 21.5 Å². The van der Waals surface area contributed by atoms with E-state index in [9.17, 15) is 0 Å². The maximum atomic E-state index is 8.58. The Morgan fingerprint density at radius 3 is 3.00 bits per heavy atom. The van der Waals surface area contributed by atoms with Crippen LogP contribution in [0.2, 0.25) is 0 Å². The van der Waals surface area contributed by atoms with Gasteiger partial charge in [-0.3, -0.25) is 4.68 Å². The van der Waals surface area contributed by atoms with E-state index < -0.39 is 0 Å². The number of hydrogen-bond acceptors (Lipinski definition) is 2. The number of rotatable bonds is 3. The van der Waals surface area contributed by atoms with E-state index in [0.717, 1.165) is 24.2 Å². The van der Waals surface area contributed by atoms with Crippen LogP contribution in [-0.2, 0) is 6.54 Å². The van der Waals surface area contributed by atoms with Gasteiger partial charge in [0.1, 0.15) is 0 Å². The Bertz CT molecular complexity index is 344. The lowest BCUT2D eigenvalue weighted by Gasteiger charge is -1.93. The normalized spacial score (nSPS) is 9.64. The lowest BCUT2D eigenvalue weighted by Crippen LogP contribution is -1.96. The molecule has 1 N–H and O–H groups in total. The zero-order valence-corrected chi connectivity index (χ0v) is 8.75. The number of aromatic nitrogens is 2. The van der Waals surface area contributed by atoms with Crippen molar-refractivity contribution in [2.75, 3.05) is 6.61 Å². The predicted molar refractivity (Wildman–Crippen MR) is 55.8 cm³/mol. The summed E-state index contributed by atoms with van der Waals surface area (Å²) in [6, 6.07) is 0. The molecule has 1 rings (SSSR count). The third-order valence-corrected chi connectivity index (χ3v) is 1.86. The van der Waals surface area contributed by atoms with Gasteiger partial charge in [-0.15, -0.1) is 0 Å². The van der Waals surface area contributed by atoms with Gasteiger partial charge in [-0.25, -0.2) is 0 Å². The van der Waals surface area contributed by atoms with E-state index in [1.54, 1.807) is 0 Å². The molecule has 0 aliphatic heterocycles. The second-order valence-corrected chi connectivity index (χ2v) is 3.17. The van der Waals surface area contributed by atoms with Crippen molar-refractivity contribution in [3.63, 3.8) is 0 Å². The molecule has 0 amide bonds. The van der Waals surface area contributed by atoms with Gasteiger partial charge in [0.25, 0.3) is 0 Å². The van der Waals surface area contributed by atoms with Crippen molar-refractivity contribution in [2.45, 2.75) is 33.2 Å². The average molecular weight is 192 g/mol. The van der Waals surface area contributed by atoms with Crippen LogP contribution >= 0.6 is 0 Å². The molecule has 0 aliphatic carbocycles. The molecule has 0 bridgehead atoms. The van der Waals surface area contributed by atoms with Crippen LogP contribution in [0.15, 0.2) is 6.20 Å². The van der Waals surface area contributed by atoms with Crippen LogP contribution in [0.3, 0.4) is 0 Å². The van der Waals surface area contributed by atoms with Crippen molar-refractivity contribution >= 4 is 0 Å². The summed E-state index contributed by atoms with van der Waals surface area (Å²) in [6.45, 7) is 5.13. The van der Waals surface area contributed by atoms with Crippen molar-refractivity contribution in [3.8, 4) is 11.8 Å². The van der Waals surface area contributed by atoms with Gasteiger partial charge in [0, 0.05) is 19.2 Å². The molecular weight excluding hydrogens is 176 g/mol. The highest BCUT2D eigenvalue weighted by Gasteiger charge is 2.00. The lowest BCUT2D eigenvalue weighted by atomic mass is 10.2. The lowest BCUT2D eigenvalue weighted by molar-refractivity contribution is 0.305. The van der Waals surface area contributed by atoms with Crippen molar-refractivity contribution in [1.29, 1.82) is 0 Å². The molecule has 3 nitrogen and oxygen atoms in total. The molecule has 76 valence electrons. The summed E-state index contributed by atoms with van der Waals surface area (Å²) in [7, 11) is 0. The van der Waals surface area contributed by atoms with E-state index in [1.807, 2.05) is 17.8 Å². The molecule has 0 fully saturated rings. The first-order valence-electron chi connectivity index (χ1n) is 4.91. The topological polar surface area (TPSA) is 38.0 Å². The fraction of sp³-hybridized carbons (Fsp3) is 0.545. The first-order valence-corrected chi connectivity index (χ1v) is 4.91. The zero-order chi connectivity index (χ0) is 10.4. The summed E-state index contributed by atoms with van der Waals surface area (Å²) in [4.78, 5) is 0. The number of nitrogens with zero attached hydrogens (tertiary/aromatic N) is 2. The molecule has 0 unspecified atom stereocenters. The van der Waals surface area contributed by atoms with E-state index in [-0.39, 0.29) is 6.61 Å². The Morgan fingerprint density at radius 1 is 1.57 bits per heavy atom. The number of aryl methyl sites for hydroxylation is 2.